The zero-order valence-electron chi connectivity index (χ0n) is 12.6. The number of hydrogen-bond donors (Lipinski definition) is 2. The lowest BCUT2D eigenvalue weighted by atomic mass is 9.78. The summed E-state index contributed by atoms with van der Waals surface area (Å²) in [7, 11) is 0. The fourth-order valence-corrected chi connectivity index (χ4v) is 3.66. The van der Waals surface area contributed by atoms with E-state index in [4.69, 9.17) is 5.73 Å². The lowest BCUT2D eigenvalue weighted by molar-refractivity contribution is -0.137. The van der Waals surface area contributed by atoms with Gasteiger partial charge in [0.15, 0.2) is 0 Å². The predicted molar refractivity (Wildman–Crippen MR) is 80.8 cm³/mol. The van der Waals surface area contributed by atoms with Gasteiger partial charge in [0.2, 0.25) is 0 Å². The fourth-order valence-electron chi connectivity index (χ4n) is 3.66. The van der Waals surface area contributed by atoms with E-state index >= 15 is 0 Å². The summed E-state index contributed by atoms with van der Waals surface area (Å²) in [6.45, 7) is 1.21. The van der Waals surface area contributed by atoms with Crippen molar-refractivity contribution in [1.82, 2.24) is 4.90 Å². The number of halogens is 3. The number of rotatable bonds is 1. The van der Waals surface area contributed by atoms with Crippen LogP contribution < -0.4 is 11.1 Å². The third-order valence-electron chi connectivity index (χ3n) is 4.88. The fraction of sp³-hybridized carbons (Fsp3) is 0.562. The summed E-state index contributed by atoms with van der Waals surface area (Å²) in [5.74, 6) is 0.710. The largest absolute Gasteiger partial charge is 0.416 e. The molecule has 2 aliphatic rings. The Morgan fingerprint density at radius 2 is 2.04 bits per heavy atom. The first-order valence-electron chi connectivity index (χ1n) is 7.83. The maximum Gasteiger partial charge on any atom is 0.416 e. The average Bonchev–Trinajstić information content (AvgIpc) is 2.92. The number of urea groups is 1. The molecule has 1 heterocycles. The molecular formula is C16H20F3N3O. The number of likely N-dealkylation sites (tertiary alicyclic amines) is 1. The van der Waals surface area contributed by atoms with Crippen LogP contribution in [0.5, 0.6) is 0 Å². The van der Waals surface area contributed by atoms with Crippen LogP contribution in [0, 0.1) is 11.8 Å². The summed E-state index contributed by atoms with van der Waals surface area (Å²) in [6.07, 6.45) is -1.31. The van der Waals surface area contributed by atoms with E-state index in [1.807, 2.05) is 0 Å². The first kappa shape index (κ1) is 16.1. The van der Waals surface area contributed by atoms with Gasteiger partial charge in [0, 0.05) is 24.8 Å². The summed E-state index contributed by atoms with van der Waals surface area (Å²) in [5.41, 5.74) is 5.50. The summed E-state index contributed by atoms with van der Waals surface area (Å²) in [4.78, 5) is 14.0. The first-order chi connectivity index (χ1) is 10.8. The molecular weight excluding hydrogens is 307 g/mol. The van der Waals surface area contributed by atoms with Gasteiger partial charge < -0.3 is 16.0 Å². The Labute approximate surface area is 132 Å². The number of hydrogen-bond acceptors (Lipinski definition) is 2. The molecule has 3 unspecified atom stereocenters. The lowest BCUT2D eigenvalue weighted by Crippen LogP contribution is -2.39. The molecule has 1 aromatic rings. The second kappa shape index (κ2) is 6.03. The Kier molecular flexibility index (Phi) is 4.23. The molecule has 7 heteroatoms. The molecule has 23 heavy (non-hydrogen) atoms. The van der Waals surface area contributed by atoms with Crippen molar-refractivity contribution < 1.29 is 18.0 Å². The SMILES string of the molecule is NC1CCCC2CN(C(=O)Nc3cccc(C(F)(F)F)c3)CC12. The number of alkyl halides is 3. The second-order valence-electron chi connectivity index (χ2n) is 6.43. The summed E-state index contributed by atoms with van der Waals surface area (Å²) < 4.78 is 38.1. The number of nitrogens with two attached hydrogens (primary N) is 1. The van der Waals surface area contributed by atoms with Crippen LogP contribution >= 0.6 is 0 Å². The average molecular weight is 327 g/mol. The highest BCUT2D eigenvalue weighted by molar-refractivity contribution is 5.89. The third-order valence-corrected chi connectivity index (χ3v) is 4.88. The zero-order chi connectivity index (χ0) is 16.6. The van der Waals surface area contributed by atoms with Gasteiger partial charge in [-0.25, -0.2) is 4.79 Å². The molecule has 1 saturated heterocycles. The van der Waals surface area contributed by atoms with Gasteiger partial charge in [-0.05, 0) is 42.9 Å². The number of anilines is 1. The zero-order valence-corrected chi connectivity index (χ0v) is 12.6. The molecule has 126 valence electrons. The van der Waals surface area contributed by atoms with Crippen LogP contribution in [0.1, 0.15) is 24.8 Å². The molecule has 0 spiro atoms. The molecule has 3 atom stereocenters. The van der Waals surface area contributed by atoms with Crippen molar-refractivity contribution >= 4 is 11.7 Å². The van der Waals surface area contributed by atoms with Gasteiger partial charge in [0.25, 0.3) is 0 Å². The van der Waals surface area contributed by atoms with Gasteiger partial charge in [-0.1, -0.05) is 12.5 Å². The van der Waals surface area contributed by atoms with Crippen LogP contribution in [0.3, 0.4) is 0 Å². The highest BCUT2D eigenvalue weighted by atomic mass is 19.4. The molecule has 1 aliphatic carbocycles. The van der Waals surface area contributed by atoms with Crippen molar-refractivity contribution in [3.8, 4) is 0 Å². The van der Waals surface area contributed by atoms with Gasteiger partial charge >= 0.3 is 12.2 Å². The Morgan fingerprint density at radius 1 is 1.26 bits per heavy atom. The molecule has 1 aromatic carbocycles. The van der Waals surface area contributed by atoms with E-state index < -0.39 is 11.7 Å². The third kappa shape index (κ3) is 3.44. The van der Waals surface area contributed by atoms with Gasteiger partial charge in [-0.2, -0.15) is 13.2 Å². The van der Waals surface area contributed by atoms with Crippen molar-refractivity contribution in [2.45, 2.75) is 31.5 Å². The normalized spacial score (nSPS) is 27.7. The van der Waals surface area contributed by atoms with E-state index in [1.54, 1.807) is 4.90 Å². The molecule has 0 bridgehead atoms. The van der Waals surface area contributed by atoms with Crippen LogP contribution in [-0.4, -0.2) is 30.1 Å². The van der Waals surface area contributed by atoms with Crippen LogP contribution in [0.15, 0.2) is 24.3 Å². The van der Waals surface area contributed by atoms with Crippen molar-refractivity contribution in [2.24, 2.45) is 17.6 Å². The molecule has 3 N–H and O–H groups in total. The molecule has 4 nitrogen and oxygen atoms in total. The van der Waals surface area contributed by atoms with Crippen molar-refractivity contribution in [1.29, 1.82) is 0 Å². The van der Waals surface area contributed by atoms with E-state index in [0.29, 0.717) is 24.9 Å². The minimum atomic E-state index is -4.42. The number of carbonyl (C=O) groups is 1. The number of amides is 2. The second-order valence-corrected chi connectivity index (χ2v) is 6.43. The smallest absolute Gasteiger partial charge is 0.327 e. The highest BCUT2D eigenvalue weighted by Crippen LogP contribution is 2.36. The van der Waals surface area contributed by atoms with Gasteiger partial charge in [0.1, 0.15) is 0 Å². The maximum atomic E-state index is 12.7. The van der Waals surface area contributed by atoms with Gasteiger partial charge in [-0.15, -0.1) is 0 Å². The summed E-state index contributed by atoms with van der Waals surface area (Å²) in [5, 5.41) is 2.57. The first-order valence-corrected chi connectivity index (χ1v) is 7.83. The monoisotopic (exact) mass is 327 g/mol. The van der Waals surface area contributed by atoms with Crippen molar-refractivity contribution in [3.63, 3.8) is 0 Å². The molecule has 0 aromatic heterocycles. The van der Waals surface area contributed by atoms with Gasteiger partial charge in [-0.3, -0.25) is 0 Å². The van der Waals surface area contributed by atoms with E-state index in [9.17, 15) is 18.0 Å². The molecule has 2 fully saturated rings. The topological polar surface area (TPSA) is 58.4 Å². The number of nitrogens with one attached hydrogen (secondary N) is 1. The predicted octanol–water partition coefficient (Wildman–Crippen LogP) is 3.30. The highest BCUT2D eigenvalue weighted by Gasteiger charge is 2.40. The molecule has 1 aliphatic heterocycles. The van der Waals surface area contributed by atoms with Gasteiger partial charge in [0.05, 0.1) is 5.56 Å². The molecule has 2 amide bonds. The minimum absolute atomic E-state index is 0.111. The van der Waals surface area contributed by atoms with Crippen LogP contribution in [-0.2, 0) is 6.18 Å². The molecule has 0 radical (unpaired) electrons. The summed E-state index contributed by atoms with van der Waals surface area (Å²) >= 11 is 0. The van der Waals surface area contributed by atoms with Crippen molar-refractivity contribution in [2.75, 3.05) is 18.4 Å². The van der Waals surface area contributed by atoms with E-state index in [1.165, 1.54) is 12.1 Å². The van der Waals surface area contributed by atoms with Crippen molar-refractivity contribution in [3.05, 3.63) is 29.8 Å². The van der Waals surface area contributed by atoms with Crippen LogP contribution in [0.2, 0.25) is 0 Å². The minimum Gasteiger partial charge on any atom is -0.327 e. The summed E-state index contributed by atoms with van der Waals surface area (Å²) in [6, 6.07) is 4.44. The lowest BCUT2D eigenvalue weighted by Gasteiger charge is -2.29. The Bertz CT molecular complexity index is 590. The Hall–Kier alpha value is -1.76. The Morgan fingerprint density at radius 3 is 2.74 bits per heavy atom. The van der Waals surface area contributed by atoms with E-state index in [0.717, 1.165) is 31.4 Å². The number of benzene rings is 1. The standard InChI is InChI=1S/C16H20F3N3O/c17-16(18,19)11-4-2-5-12(7-11)21-15(23)22-8-10-3-1-6-14(20)13(10)9-22/h2,4-5,7,10,13-14H,1,3,6,8-9,20H2,(H,21,23). The number of carbonyl (C=O) groups excluding carboxylic acids is 1. The molecule has 3 rings (SSSR count). The molecule has 1 saturated carbocycles. The Balaban J connectivity index is 1.66. The number of nitrogens with zero attached hydrogens (tertiary/aromatic N) is 1. The maximum absolute atomic E-state index is 12.7. The van der Waals surface area contributed by atoms with Crippen LogP contribution in [0.25, 0.3) is 0 Å². The van der Waals surface area contributed by atoms with E-state index in [-0.39, 0.29) is 17.8 Å². The number of fused-ring (bicyclic) bond motifs is 1. The quantitative estimate of drug-likeness (QED) is 0.831. The van der Waals surface area contributed by atoms with Crippen LogP contribution in [0.4, 0.5) is 23.7 Å². The van der Waals surface area contributed by atoms with E-state index in [2.05, 4.69) is 5.32 Å².